The minimum Gasteiger partial charge on any atom is -0.488 e. The summed E-state index contributed by atoms with van der Waals surface area (Å²) in [5.41, 5.74) is 0. The van der Waals surface area contributed by atoms with E-state index in [0.717, 1.165) is 0 Å². The summed E-state index contributed by atoms with van der Waals surface area (Å²) >= 11 is 0. The molecule has 4 heteroatoms. The van der Waals surface area contributed by atoms with E-state index in [9.17, 15) is 0 Å². The van der Waals surface area contributed by atoms with Crippen LogP contribution in [0, 0.1) is 0 Å². The smallest absolute Gasteiger partial charge is 0.168 e. The molecule has 0 bridgehead atoms. The van der Waals surface area contributed by atoms with Crippen molar-refractivity contribution in [3.8, 4) is 0 Å². The summed E-state index contributed by atoms with van der Waals surface area (Å²) < 4.78 is 9.91. The third-order valence-corrected chi connectivity index (χ3v) is 1.64. The molecule has 0 fully saturated rings. The van der Waals surface area contributed by atoms with Crippen molar-refractivity contribution in [1.29, 1.82) is 0 Å². The average molecular weight is 144 g/mol. The molecule has 2 unspecified atom stereocenters. The van der Waals surface area contributed by atoms with Crippen molar-refractivity contribution in [3.05, 3.63) is 11.5 Å². The van der Waals surface area contributed by atoms with Gasteiger partial charge in [0.15, 0.2) is 11.5 Å². The van der Waals surface area contributed by atoms with Crippen LogP contribution in [0.25, 0.3) is 0 Å². The van der Waals surface area contributed by atoms with E-state index in [1.54, 1.807) is 0 Å². The molecule has 2 atom stereocenters. The van der Waals surface area contributed by atoms with Gasteiger partial charge in [-0.2, -0.15) is 0 Å². The van der Waals surface area contributed by atoms with Crippen LogP contribution in [0.15, 0.2) is 11.5 Å². The van der Waals surface area contributed by atoms with Crippen LogP contribution in [0.1, 0.15) is 0 Å². The minimum absolute atomic E-state index is 0.210. The van der Waals surface area contributed by atoms with Gasteiger partial charge in [-0.05, 0) is 0 Å². The maximum absolute atomic E-state index is 9.10. The van der Waals surface area contributed by atoms with Gasteiger partial charge in [-0.3, -0.25) is 0 Å². The molecule has 0 spiro atoms. The molecule has 4 nitrogen and oxygen atoms in total. The van der Waals surface area contributed by atoms with Gasteiger partial charge >= 0.3 is 0 Å². The Morgan fingerprint density at radius 3 is 1.80 bits per heavy atom. The predicted molar refractivity (Wildman–Crippen MR) is 30.9 cm³/mol. The van der Waals surface area contributed by atoms with Gasteiger partial charge in [0, 0.05) is 0 Å². The maximum Gasteiger partial charge on any atom is 0.168 e. The molecule has 0 radical (unpaired) electrons. The lowest BCUT2D eigenvalue weighted by atomic mass is 10.3. The molecular weight excluding hydrogens is 136 g/mol. The Balaban J connectivity index is 2.26. The quantitative estimate of drug-likeness (QED) is 0.457. The Morgan fingerprint density at radius 2 is 1.40 bits per heavy atom. The van der Waals surface area contributed by atoms with Gasteiger partial charge in [-0.1, -0.05) is 0 Å². The topological polar surface area (TPSA) is 58.9 Å². The Bertz CT molecular complexity index is 166. The van der Waals surface area contributed by atoms with Gasteiger partial charge in [0.25, 0.3) is 0 Å². The first kappa shape index (κ1) is 6.00. The van der Waals surface area contributed by atoms with E-state index in [2.05, 4.69) is 0 Å². The van der Waals surface area contributed by atoms with Gasteiger partial charge in [-0.15, -0.1) is 0 Å². The number of rotatable bonds is 0. The van der Waals surface area contributed by atoms with Crippen LogP contribution in [-0.2, 0) is 9.47 Å². The first-order chi connectivity index (χ1) is 4.79. The fraction of sp³-hybridized carbons (Fsp3) is 0.667. The first-order valence-electron chi connectivity index (χ1n) is 3.15. The Labute approximate surface area is 57.7 Å². The molecule has 2 aliphatic heterocycles. The molecule has 2 aliphatic rings. The van der Waals surface area contributed by atoms with Crippen LogP contribution < -0.4 is 0 Å². The number of aliphatic hydroxyl groups is 2. The summed E-state index contributed by atoms with van der Waals surface area (Å²) in [5.74, 6) is 0.819. The van der Waals surface area contributed by atoms with Crippen molar-refractivity contribution in [2.45, 2.75) is 12.2 Å². The molecule has 0 saturated carbocycles. The lowest BCUT2D eigenvalue weighted by Crippen LogP contribution is -2.16. The van der Waals surface area contributed by atoms with Crippen molar-refractivity contribution in [2.24, 2.45) is 0 Å². The normalized spacial score (nSPS) is 37.4. The molecule has 0 aromatic rings. The molecule has 0 amide bonds. The second-order valence-corrected chi connectivity index (χ2v) is 2.38. The van der Waals surface area contributed by atoms with Crippen molar-refractivity contribution < 1.29 is 19.7 Å². The summed E-state index contributed by atoms with van der Waals surface area (Å²) in [4.78, 5) is 0. The zero-order valence-corrected chi connectivity index (χ0v) is 5.28. The van der Waals surface area contributed by atoms with Crippen LogP contribution >= 0.6 is 0 Å². The Hall–Kier alpha value is -0.740. The molecule has 10 heavy (non-hydrogen) atoms. The van der Waals surface area contributed by atoms with Crippen LogP contribution in [0.2, 0.25) is 0 Å². The summed E-state index contributed by atoms with van der Waals surface area (Å²) in [6.45, 7) is 0.420. The standard InChI is InChI=1S/C6H8O4/c7-3-1-9-6-4(8)2-10-5(3)6/h3-4,7-8H,1-2H2. The Morgan fingerprint density at radius 1 is 1.00 bits per heavy atom. The SMILES string of the molecule is OC1COC2=C1OCC2O. The van der Waals surface area contributed by atoms with Crippen molar-refractivity contribution >= 4 is 0 Å². The van der Waals surface area contributed by atoms with Crippen molar-refractivity contribution in [3.63, 3.8) is 0 Å². The highest BCUT2D eigenvalue weighted by molar-refractivity contribution is 5.19. The minimum atomic E-state index is -0.674. The van der Waals surface area contributed by atoms with E-state index in [0.29, 0.717) is 11.5 Å². The van der Waals surface area contributed by atoms with E-state index in [4.69, 9.17) is 19.7 Å². The summed E-state index contributed by atoms with van der Waals surface area (Å²) in [6, 6.07) is 0. The van der Waals surface area contributed by atoms with Gasteiger partial charge < -0.3 is 19.7 Å². The molecule has 0 aliphatic carbocycles. The second-order valence-electron chi connectivity index (χ2n) is 2.38. The van der Waals surface area contributed by atoms with Gasteiger partial charge in [0.2, 0.25) is 0 Å². The zero-order chi connectivity index (χ0) is 7.14. The van der Waals surface area contributed by atoms with E-state index >= 15 is 0 Å². The number of hydrogen-bond donors (Lipinski definition) is 2. The Kier molecular flexibility index (Phi) is 1.12. The van der Waals surface area contributed by atoms with Gasteiger partial charge in [-0.25, -0.2) is 0 Å². The third-order valence-electron chi connectivity index (χ3n) is 1.64. The molecule has 56 valence electrons. The number of aliphatic hydroxyl groups excluding tert-OH is 2. The second kappa shape index (κ2) is 1.87. The zero-order valence-electron chi connectivity index (χ0n) is 5.28. The van der Waals surface area contributed by atoms with Gasteiger partial charge in [0.1, 0.15) is 25.4 Å². The number of ether oxygens (including phenoxy) is 2. The van der Waals surface area contributed by atoms with E-state index in [1.165, 1.54) is 0 Å². The lowest BCUT2D eigenvalue weighted by Gasteiger charge is -2.06. The van der Waals surface area contributed by atoms with Gasteiger partial charge in [0.05, 0.1) is 0 Å². The number of hydrogen-bond acceptors (Lipinski definition) is 4. The predicted octanol–water partition coefficient (Wildman–Crippen LogP) is -1.02. The molecular formula is C6H8O4. The summed E-state index contributed by atoms with van der Waals surface area (Å²) in [7, 11) is 0. The highest BCUT2D eigenvalue weighted by Gasteiger charge is 2.37. The molecule has 0 aromatic heterocycles. The van der Waals surface area contributed by atoms with Crippen LogP contribution in [0.3, 0.4) is 0 Å². The molecule has 0 aromatic carbocycles. The van der Waals surface area contributed by atoms with E-state index < -0.39 is 12.2 Å². The first-order valence-corrected chi connectivity index (χ1v) is 3.15. The highest BCUT2D eigenvalue weighted by Crippen LogP contribution is 2.29. The van der Waals surface area contributed by atoms with Crippen LogP contribution in [0.5, 0.6) is 0 Å². The largest absolute Gasteiger partial charge is 0.488 e. The van der Waals surface area contributed by atoms with E-state index in [1.807, 2.05) is 0 Å². The maximum atomic E-state index is 9.10. The average Bonchev–Trinajstić information content (AvgIpc) is 2.41. The van der Waals surface area contributed by atoms with Crippen LogP contribution in [-0.4, -0.2) is 35.6 Å². The van der Waals surface area contributed by atoms with Crippen LogP contribution in [0.4, 0.5) is 0 Å². The fourth-order valence-electron chi connectivity index (χ4n) is 1.15. The molecule has 2 N–H and O–H groups in total. The fourth-order valence-corrected chi connectivity index (χ4v) is 1.15. The third kappa shape index (κ3) is 0.629. The molecule has 2 heterocycles. The van der Waals surface area contributed by atoms with E-state index in [-0.39, 0.29) is 13.2 Å². The monoisotopic (exact) mass is 144 g/mol. The summed E-state index contributed by atoms with van der Waals surface area (Å²) in [6.07, 6.45) is -1.35. The lowest BCUT2D eigenvalue weighted by molar-refractivity contribution is 0.0339. The summed E-state index contributed by atoms with van der Waals surface area (Å²) in [5, 5.41) is 18.2. The van der Waals surface area contributed by atoms with Crippen molar-refractivity contribution in [1.82, 2.24) is 0 Å². The highest BCUT2D eigenvalue weighted by atomic mass is 16.6. The molecule has 2 rings (SSSR count). The van der Waals surface area contributed by atoms with Crippen molar-refractivity contribution in [2.75, 3.05) is 13.2 Å². The molecule has 0 saturated heterocycles.